The minimum absolute atomic E-state index is 0.000920. The van der Waals surface area contributed by atoms with Crippen molar-refractivity contribution in [2.45, 2.75) is 64.1 Å². The predicted molar refractivity (Wildman–Crippen MR) is 93.7 cm³/mol. The van der Waals surface area contributed by atoms with Crippen LogP contribution in [-0.4, -0.2) is 41.7 Å². The second-order valence-corrected chi connectivity index (χ2v) is 7.20. The summed E-state index contributed by atoms with van der Waals surface area (Å²) in [5, 5.41) is 3.27. The molecule has 0 unspecified atom stereocenters. The molecule has 1 aromatic rings. The Bertz CT molecular complexity index is 557. The molecule has 0 aromatic carbocycles. The molecule has 3 rings (SSSR count). The summed E-state index contributed by atoms with van der Waals surface area (Å²) in [7, 11) is 1.85. The first-order valence-electron chi connectivity index (χ1n) is 9.13. The average molecular weight is 331 g/mol. The number of carbonyl (C=O) groups is 1. The van der Waals surface area contributed by atoms with Gasteiger partial charge in [-0.25, -0.2) is 4.79 Å². The molecule has 2 fully saturated rings. The minimum Gasteiger partial charge on any atom is -0.378 e. The van der Waals surface area contributed by atoms with Crippen molar-refractivity contribution in [1.82, 2.24) is 15.2 Å². The van der Waals surface area contributed by atoms with Crippen LogP contribution < -0.4 is 5.32 Å². The van der Waals surface area contributed by atoms with Crippen molar-refractivity contribution < 1.29 is 9.53 Å². The molecular weight excluding hydrogens is 302 g/mol. The van der Waals surface area contributed by atoms with Crippen molar-refractivity contribution >= 4 is 6.03 Å². The molecule has 2 saturated carbocycles. The van der Waals surface area contributed by atoms with E-state index in [-0.39, 0.29) is 23.5 Å². The summed E-state index contributed by atoms with van der Waals surface area (Å²) in [5.74, 6) is 0. The Hall–Kier alpha value is -1.62. The molecule has 2 aliphatic carbocycles. The van der Waals surface area contributed by atoms with E-state index in [4.69, 9.17) is 4.74 Å². The van der Waals surface area contributed by atoms with Gasteiger partial charge in [0.2, 0.25) is 0 Å². The van der Waals surface area contributed by atoms with Gasteiger partial charge in [-0.3, -0.25) is 4.98 Å². The Morgan fingerprint density at radius 2 is 2.25 bits per heavy atom. The fraction of sp³-hybridized carbons (Fsp3) is 0.684. The fourth-order valence-corrected chi connectivity index (χ4v) is 4.36. The van der Waals surface area contributed by atoms with Gasteiger partial charge in [-0.1, -0.05) is 18.9 Å². The van der Waals surface area contributed by atoms with Crippen LogP contribution >= 0.6 is 0 Å². The van der Waals surface area contributed by atoms with Crippen molar-refractivity contribution in [2.24, 2.45) is 5.41 Å². The quantitative estimate of drug-likeness (QED) is 0.898. The summed E-state index contributed by atoms with van der Waals surface area (Å²) in [5.41, 5.74) is 1.22. The highest BCUT2D eigenvalue weighted by Gasteiger charge is 2.57. The maximum absolute atomic E-state index is 12.7. The van der Waals surface area contributed by atoms with Crippen molar-refractivity contribution in [1.29, 1.82) is 0 Å². The zero-order valence-electron chi connectivity index (χ0n) is 15.0. The number of aromatic nitrogens is 1. The van der Waals surface area contributed by atoms with E-state index < -0.39 is 0 Å². The largest absolute Gasteiger partial charge is 0.378 e. The van der Waals surface area contributed by atoms with Gasteiger partial charge in [-0.2, -0.15) is 0 Å². The van der Waals surface area contributed by atoms with Crippen LogP contribution in [0.1, 0.15) is 57.6 Å². The number of nitrogens with one attached hydrogen (secondary N) is 1. The Morgan fingerprint density at radius 1 is 1.50 bits per heavy atom. The maximum Gasteiger partial charge on any atom is 0.317 e. The SMILES string of the molecule is CCO[C@@H]1C[C@H](NC(=O)N(C)[C@@H](C)c2cccnc2)C12CCCC2. The lowest BCUT2D eigenvalue weighted by molar-refractivity contribution is -0.127. The van der Waals surface area contributed by atoms with Crippen molar-refractivity contribution in [3.8, 4) is 0 Å². The number of amides is 2. The Balaban J connectivity index is 1.62. The molecular formula is C19H29N3O2. The van der Waals surface area contributed by atoms with Crippen LogP contribution in [0.15, 0.2) is 24.5 Å². The van der Waals surface area contributed by atoms with E-state index in [1.54, 1.807) is 11.1 Å². The topological polar surface area (TPSA) is 54.5 Å². The highest BCUT2D eigenvalue weighted by molar-refractivity contribution is 5.75. The number of pyridine rings is 1. The summed E-state index contributed by atoms with van der Waals surface area (Å²) in [4.78, 5) is 18.6. The lowest BCUT2D eigenvalue weighted by atomic mass is 9.60. The molecule has 3 atom stereocenters. The molecule has 5 heteroatoms. The summed E-state index contributed by atoms with van der Waals surface area (Å²) in [6, 6.07) is 4.16. The third kappa shape index (κ3) is 3.02. The lowest BCUT2D eigenvalue weighted by Crippen LogP contribution is -2.64. The average Bonchev–Trinajstić information content (AvgIpc) is 3.13. The van der Waals surface area contributed by atoms with Crippen LogP contribution in [0.4, 0.5) is 4.79 Å². The van der Waals surface area contributed by atoms with Gasteiger partial charge >= 0.3 is 6.03 Å². The molecule has 5 nitrogen and oxygen atoms in total. The van der Waals surface area contributed by atoms with Crippen LogP contribution in [0.5, 0.6) is 0 Å². The smallest absolute Gasteiger partial charge is 0.317 e. The van der Waals surface area contributed by atoms with E-state index in [2.05, 4.69) is 17.2 Å². The highest BCUT2D eigenvalue weighted by Crippen LogP contribution is 2.54. The van der Waals surface area contributed by atoms with Crippen LogP contribution in [0.3, 0.4) is 0 Å². The first kappa shape index (κ1) is 17.2. The van der Waals surface area contributed by atoms with Gasteiger partial charge in [0, 0.05) is 37.5 Å². The zero-order valence-corrected chi connectivity index (χ0v) is 15.0. The zero-order chi connectivity index (χ0) is 17.2. The molecule has 2 amide bonds. The van der Waals surface area contributed by atoms with Crippen LogP contribution in [0.25, 0.3) is 0 Å². The van der Waals surface area contributed by atoms with Crippen LogP contribution in [0.2, 0.25) is 0 Å². The van der Waals surface area contributed by atoms with E-state index >= 15 is 0 Å². The molecule has 132 valence electrons. The predicted octanol–water partition coefficient (Wildman–Crippen LogP) is 3.52. The normalized spacial score (nSPS) is 26.0. The molecule has 1 spiro atoms. The van der Waals surface area contributed by atoms with Gasteiger partial charge in [-0.15, -0.1) is 0 Å². The summed E-state index contributed by atoms with van der Waals surface area (Å²) >= 11 is 0. The molecule has 0 radical (unpaired) electrons. The molecule has 0 saturated heterocycles. The Morgan fingerprint density at radius 3 is 2.88 bits per heavy atom. The maximum atomic E-state index is 12.7. The first-order chi connectivity index (χ1) is 11.6. The lowest BCUT2D eigenvalue weighted by Gasteiger charge is -2.54. The molecule has 0 bridgehead atoms. The van der Waals surface area contributed by atoms with E-state index in [9.17, 15) is 4.79 Å². The first-order valence-corrected chi connectivity index (χ1v) is 9.13. The standard InChI is InChI=1S/C19H29N3O2/c1-4-24-17-12-16(19(17)9-5-6-10-19)21-18(23)22(3)14(2)15-8-7-11-20-13-15/h7-8,11,13-14,16-17H,4-6,9-10,12H2,1-3H3,(H,21,23)/t14-,16-,17+/m0/s1. The van der Waals surface area contributed by atoms with Crippen molar-refractivity contribution in [2.75, 3.05) is 13.7 Å². The van der Waals surface area contributed by atoms with Crippen molar-refractivity contribution in [3.05, 3.63) is 30.1 Å². The third-order valence-corrected chi connectivity index (χ3v) is 6.05. The van der Waals surface area contributed by atoms with Gasteiger partial charge in [0.1, 0.15) is 0 Å². The van der Waals surface area contributed by atoms with E-state index in [0.717, 1.165) is 18.6 Å². The molecule has 24 heavy (non-hydrogen) atoms. The van der Waals surface area contributed by atoms with E-state index in [1.165, 1.54) is 25.7 Å². The Kier molecular flexibility index (Phi) is 5.09. The second kappa shape index (κ2) is 7.09. The van der Waals surface area contributed by atoms with Crippen LogP contribution in [0, 0.1) is 5.41 Å². The number of urea groups is 1. The molecule has 1 heterocycles. The number of hydrogen-bond acceptors (Lipinski definition) is 3. The summed E-state index contributed by atoms with van der Waals surface area (Å²) < 4.78 is 5.93. The number of nitrogens with zero attached hydrogens (tertiary/aromatic N) is 2. The van der Waals surface area contributed by atoms with Gasteiger partial charge in [0.25, 0.3) is 0 Å². The highest BCUT2D eigenvalue weighted by atomic mass is 16.5. The number of hydrogen-bond donors (Lipinski definition) is 1. The number of ether oxygens (including phenoxy) is 1. The monoisotopic (exact) mass is 331 g/mol. The van der Waals surface area contributed by atoms with E-state index in [1.807, 2.05) is 32.3 Å². The van der Waals surface area contributed by atoms with Gasteiger partial charge in [0.15, 0.2) is 0 Å². The van der Waals surface area contributed by atoms with Gasteiger partial charge in [-0.05, 0) is 44.7 Å². The molecule has 1 N–H and O–H groups in total. The molecule has 2 aliphatic rings. The third-order valence-electron chi connectivity index (χ3n) is 6.05. The molecule has 1 aromatic heterocycles. The van der Waals surface area contributed by atoms with Crippen LogP contribution in [-0.2, 0) is 4.74 Å². The van der Waals surface area contributed by atoms with Crippen molar-refractivity contribution in [3.63, 3.8) is 0 Å². The fourth-order valence-electron chi connectivity index (χ4n) is 4.36. The van der Waals surface area contributed by atoms with E-state index in [0.29, 0.717) is 6.10 Å². The molecule has 0 aliphatic heterocycles. The summed E-state index contributed by atoms with van der Waals surface area (Å²) in [6.07, 6.45) is 9.67. The number of carbonyl (C=O) groups excluding carboxylic acids is 1. The Labute approximate surface area is 144 Å². The minimum atomic E-state index is -0.00224. The summed E-state index contributed by atoms with van der Waals surface area (Å²) in [6.45, 7) is 4.84. The number of rotatable bonds is 5. The second-order valence-electron chi connectivity index (χ2n) is 7.20. The van der Waals surface area contributed by atoms with Gasteiger partial charge < -0.3 is 15.0 Å². The van der Waals surface area contributed by atoms with Gasteiger partial charge in [0.05, 0.1) is 12.1 Å².